The first-order chi connectivity index (χ1) is 9.81. The van der Waals surface area contributed by atoms with Crippen LogP contribution in [0.5, 0.6) is 0 Å². The number of rotatable bonds is 1. The molecule has 0 amide bonds. The minimum absolute atomic E-state index is 0.0627. The molecule has 1 aliphatic rings. The van der Waals surface area contributed by atoms with Crippen LogP contribution in [0.15, 0.2) is 60.7 Å². The number of halogens is 1. The summed E-state index contributed by atoms with van der Waals surface area (Å²) < 4.78 is 0. The van der Waals surface area contributed by atoms with Gasteiger partial charge in [0.1, 0.15) is 0 Å². The lowest BCUT2D eigenvalue weighted by Crippen LogP contribution is -2.47. The maximum Gasteiger partial charge on any atom is 0.406 e. The number of anilines is 2. The molecule has 0 aliphatic carbocycles. The van der Waals surface area contributed by atoms with E-state index in [0.29, 0.717) is 0 Å². The van der Waals surface area contributed by atoms with Gasteiger partial charge in [0.25, 0.3) is 0 Å². The minimum atomic E-state index is 0.0627. The molecule has 0 saturated carbocycles. The maximum absolute atomic E-state index is 5.96. The molecule has 0 saturated heterocycles. The Morgan fingerprint density at radius 2 is 1.35 bits per heavy atom. The van der Waals surface area contributed by atoms with Crippen molar-refractivity contribution >= 4 is 46.2 Å². The molecular weight excluding hydrogens is 266 g/mol. The molecular formula is C16H12BClN2. The monoisotopic (exact) mass is 278 g/mol. The highest BCUT2D eigenvalue weighted by Crippen LogP contribution is 2.33. The fourth-order valence-electron chi connectivity index (χ4n) is 2.75. The molecule has 2 N–H and O–H groups in total. The molecule has 0 atom stereocenters. The second-order valence-corrected chi connectivity index (χ2v) is 5.42. The van der Waals surface area contributed by atoms with Gasteiger partial charge in [-0.3, -0.25) is 0 Å². The zero-order valence-electron chi connectivity index (χ0n) is 10.7. The van der Waals surface area contributed by atoms with Crippen LogP contribution in [-0.4, -0.2) is 6.98 Å². The first-order valence-corrected chi connectivity index (χ1v) is 6.99. The van der Waals surface area contributed by atoms with Gasteiger partial charge >= 0.3 is 6.98 Å². The number of hydrogen-bond donors (Lipinski definition) is 2. The van der Waals surface area contributed by atoms with Crippen molar-refractivity contribution in [2.75, 3.05) is 10.5 Å². The second kappa shape index (κ2) is 4.46. The molecule has 3 aromatic rings. The molecule has 3 aromatic carbocycles. The highest BCUT2D eigenvalue weighted by Gasteiger charge is 2.24. The Morgan fingerprint density at radius 1 is 0.750 bits per heavy atom. The van der Waals surface area contributed by atoms with Crippen molar-refractivity contribution in [2.45, 2.75) is 0 Å². The Balaban J connectivity index is 1.81. The maximum atomic E-state index is 5.96. The van der Waals surface area contributed by atoms with E-state index in [9.17, 15) is 0 Å². The van der Waals surface area contributed by atoms with Crippen LogP contribution in [0, 0.1) is 0 Å². The topological polar surface area (TPSA) is 24.1 Å². The van der Waals surface area contributed by atoms with Crippen LogP contribution < -0.4 is 15.9 Å². The van der Waals surface area contributed by atoms with E-state index in [1.807, 2.05) is 24.3 Å². The molecule has 4 rings (SSSR count). The van der Waals surface area contributed by atoms with Crippen LogP contribution >= 0.6 is 11.6 Å². The Bertz CT molecular complexity index is 745. The largest absolute Gasteiger partial charge is 0.406 e. The van der Waals surface area contributed by atoms with E-state index in [-0.39, 0.29) is 6.98 Å². The summed E-state index contributed by atoms with van der Waals surface area (Å²) in [5.74, 6) is 0. The van der Waals surface area contributed by atoms with Gasteiger partial charge in [0, 0.05) is 21.8 Å². The molecule has 0 fully saturated rings. The molecule has 0 spiro atoms. The molecule has 0 aromatic heterocycles. The predicted molar refractivity (Wildman–Crippen MR) is 88.0 cm³/mol. The van der Waals surface area contributed by atoms with E-state index in [2.05, 4.69) is 46.9 Å². The lowest BCUT2D eigenvalue weighted by atomic mass is 9.66. The molecule has 0 bridgehead atoms. The zero-order valence-corrected chi connectivity index (χ0v) is 11.5. The average molecular weight is 279 g/mol. The van der Waals surface area contributed by atoms with Gasteiger partial charge in [-0.15, -0.1) is 0 Å². The van der Waals surface area contributed by atoms with Crippen LogP contribution in [0.4, 0.5) is 11.4 Å². The summed E-state index contributed by atoms with van der Waals surface area (Å²) in [6.07, 6.45) is 0. The Hall–Kier alpha value is -2.13. The Labute approximate surface area is 122 Å². The third-order valence-corrected chi connectivity index (χ3v) is 3.96. The number of hydrogen-bond acceptors (Lipinski definition) is 2. The van der Waals surface area contributed by atoms with E-state index in [1.165, 1.54) is 16.2 Å². The quantitative estimate of drug-likeness (QED) is 0.663. The van der Waals surface area contributed by atoms with Crippen molar-refractivity contribution in [3.8, 4) is 0 Å². The van der Waals surface area contributed by atoms with Gasteiger partial charge in [-0.2, -0.15) is 0 Å². The molecule has 0 radical (unpaired) electrons. The summed E-state index contributed by atoms with van der Waals surface area (Å²) in [7, 11) is 0. The lowest BCUT2D eigenvalue weighted by molar-refractivity contribution is 1.60. The molecule has 1 heterocycles. The summed E-state index contributed by atoms with van der Waals surface area (Å²) in [4.78, 5) is 0. The summed E-state index contributed by atoms with van der Waals surface area (Å²) in [5.41, 5.74) is 3.49. The third kappa shape index (κ3) is 1.82. The van der Waals surface area contributed by atoms with Gasteiger partial charge in [0.05, 0.1) is 0 Å². The fourth-order valence-corrected chi connectivity index (χ4v) is 2.88. The van der Waals surface area contributed by atoms with Crippen molar-refractivity contribution in [3.05, 3.63) is 65.7 Å². The highest BCUT2D eigenvalue weighted by molar-refractivity contribution is 6.80. The van der Waals surface area contributed by atoms with Crippen molar-refractivity contribution in [2.24, 2.45) is 0 Å². The molecule has 1 aliphatic heterocycles. The number of nitrogens with one attached hydrogen (secondary N) is 2. The summed E-state index contributed by atoms with van der Waals surface area (Å²) in [6, 6.07) is 20.6. The molecule has 96 valence electrons. The predicted octanol–water partition coefficient (Wildman–Crippen LogP) is 3.73. The normalized spacial score (nSPS) is 12.9. The van der Waals surface area contributed by atoms with E-state index in [0.717, 1.165) is 16.4 Å². The van der Waals surface area contributed by atoms with E-state index >= 15 is 0 Å². The van der Waals surface area contributed by atoms with Gasteiger partial charge in [0.15, 0.2) is 0 Å². The van der Waals surface area contributed by atoms with Crippen molar-refractivity contribution < 1.29 is 0 Å². The fraction of sp³-hybridized carbons (Fsp3) is 0. The van der Waals surface area contributed by atoms with Crippen LogP contribution in [0.25, 0.3) is 10.8 Å². The van der Waals surface area contributed by atoms with Crippen LogP contribution in [-0.2, 0) is 0 Å². The average Bonchev–Trinajstić information content (AvgIpc) is 2.48. The summed E-state index contributed by atoms with van der Waals surface area (Å²) in [6.45, 7) is 0.0627. The van der Waals surface area contributed by atoms with Crippen LogP contribution in [0.1, 0.15) is 0 Å². The standard InChI is InChI=1S/C16H12BClN2/c18-13-9-7-12(8-10-13)17-19-14-5-1-3-11-4-2-6-15(20-17)16(11)14/h1-10,19-20H. The summed E-state index contributed by atoms with van der Waals surface area (Å²) >= 11 is 5.96. The third-order valence-electron chi connectivity index (χ3n) is 3.71. The van der Waals surface area contributed by atoms with Crippen LogP contribution in [0.3, 0.4) is 0 Å². The van der Waals surface area contributed by atoms with Crippen molar-refractivity contribution in [1.29, 1.82) is 0 Å². The minimum Gasteiger partial charge on any atom is -0.405 e. The van der Waals surface area contributed by atoms with Gasteiger partial charge in [-0.1, -0.05) is 48.0 Å². The highest BCUT2D eigenvalue weighted by atomic mass is 35.5. The van der Waals surface area contributed by atoms with Gasteiger partial charge < -0.3 is 10.5 Å². The van der Waals surface area contributed by atoms with E-state index in [4.69, 9.17) is 11.6 Å². The zero-order chi connectivity index (χ0) is 13.5. The Morgan fingerprint density at radius 3 is 1.95 bits per heavy atom. The molecule has 20 heavy (non-hydrogen) atoms. The van der Waals surface area contributed by atoms with Crippen molar-refractivity contribution in [1.82, 2.24) is 0 Å². The Kier molecular flexibility index (Phi) is 2.61. The number of benzene rings is 3. The lowest BCUT2D eigenvalue weighted by Gasteiger charge is -2.26. The summed E-state index contributed by atoms with van der Waals surface area (Å²) in [5, 5.41) is 10.3. The molecule has 0 unspecified atom stereocenters. The SMILES string of the molecule is Clc1ccc(B2Nc3cccc4cccc(c34)N2)cc1. The van der Waals surface area contributed by atoms with Gasteiger partial charge in [-0.05, 0) is 35.1 Å². The molecule has 2 nitrogen and oxygen atoms in total. The second-order valence-electron chi connectivity index (χ2n) is 4.98. The first kappa shape index (κ1) is 11.7. The van der Waals surface area contributed by atoms with Gasteiger partial charge in [-0.25, -0.2) is 0 Å². The first-order valence-electron chi connectivity index (χ1n) is 6.61. The smallest absolute Gasteiger partial charge is 0.405 e. The van der Waals surface area contributed by atoms with E-state index in [1.54, 1.807) is 0 Å². The van der Waals surface area contributed by atoms with Gasteiger partial charge in [0.2, 0.25) is 0 Å². The van der Waals surface area contributed by atoms with Crippen LogP contribution in [0.2, 0.25) is 5.02 Å². The van der Waals surface area contributed by atoms with Crippen molar-refractivity contribution in [3.63, 3.8) is 0 Å². The van der Waals surface area contributed by atoms with E-state index < -0.39 is 0 Å². The molecule has 4 heteroatoms.